The molecular weight excluding hydrogens is 268 g/mol. The fourth-order valence-corrected chi connectivity index (χ4v) is 3.90. The third kappa shape index (κ3) is 2.56. The smallest absolute Gasteiger partial charge is 0.265 e. The highest BCUT2D eigenvalue weighted by Crippen LogP contribution is 2.32. The summed E-state index contributed by atoms with van der Waals surface area (Å²) in [5, 5.41) is 2.42. The largest absolute Gasteiger partial charge is 0.335 e. The standard InChI is InChI=1S/C13H19ClN2OS/c1-2-16(11-5-3-4-9(11)8-15)13(17)12-10(14)6-7-18-12/h6-7,9,11H,2-5,8,15H2,1H3. The van der Waals surface area contributed by atoms with Crippen LogP contribution in [0.25, 0.3) is 0 Å². The molecule has 18 heavy (non-hydrogen) atoms. The molecule has 1 fully saturated rings. The van der Waals surface area contributed by atoms with Crippen LogP contribution in [0.15, 0.2) is 11.4 Å². The van der Waals surface area contributed by atoms with E-state index in [-0.39, 0.29) is 11.9 Å². The normalized spacial score (nSPS) is 23.3. The van der Waals surface area contributed by atoms with E-state index in [1.165, 1.54) is 11.3 Å². The number of halogens is 1. The molecule has 2 N–H and O–H groups in total. The second-order valence-corrected chi connectivity index (χ2v) is 6.01. The maximum absolute atomic E-state index is 12.5. The van der Waals surface area contributed by atoms with Gasteiger partial charge in [-0.15, -0.1) is 11.3 Å². The van der Waals surface area contributed by atoms with Crippen LogP contribution in [0.5, 0.6) is 0 Å². The summed E-state index contributed by atoms with van der Waals surface area (Å²) in [4.78, 5) is 15.1. The molecule has 1 aromatic rings. The van der Waals surface area contributed by atoms with Crippen LogP contribution in [0.4, 0.5) is 0 Å². The molecule has 1 aromatic heterocycles. The molecule has 0 spiro atoms. The number of carbonyl (C=O) groups is 1. The summed E-state index contributed by atoms with van der Waals surface area (Å²) in [7, 11) is 0. The molecule has 0 aliphatic heterocycles. The van der Waals surface area contributed by atoms with Crippen molar-refractivity contribution in [1.29, 1.82) is 0 Å². The lowest BCUT2D eigenvalue weighted by molar-refractivity contribution is 0.0657. The first-order chi connectivity index (χ1) is 8.69. The van der Waals surface area contributed by atoms with Gasteiger partial charge < -0.3 is 10.6 Å². The Hall–Kier alpha value is -0.580. The lowest BCUT2D eigenvalue weighted by atomic mass is 10.0. The van der Waals surface area contributed by atoms with E-state index in [0.29, 0.717) is 28.9 Å². The highest BCUT2D eigenvalue weighted by Gasteiger charge is 2.34. The summed E-state index contributed by atoms with van der Waals surface area (Å²) in [6, 6.07) is 2.06. The van der Waals surface area contributed by atoms with Crippen LogP contribution in [-0.4, -0.2) is 29.9 Å². The van der Waals surface area contributed by atoms with Gasteiger partial charge in [-0.2, -0.15) is 0 Å². The van der Waals surface area contributed by atoms with Gasteiger partial charge in [0.25, 0.3) is 5.91 Å². The quantitative estimate of drug-likeness (QED) is 0.925. The third-order valence-corrected chi connectivity index (χ3v) is 5.06. The van der Waals surface area contributed by atoms with E-state index < -0.39 is 0 Å². The summed E-state index contributed by atoms with van der Waals surface area (Å²) in [5.74, 6) is 0.496. The SMILES string of the molecule is CCN(C(=O)c1sccc1Cl)C1CCCC1CN. The van der Waals surface area contributed by atoms with Gasteiger partial charge in [0.2, 0.25) is 0 Å². The number of nitrogens with two attached hydrogens (primary N) is 1. The van der Waals surface area contributed by atoms with Crippen LogP contribution in [0.2, 0.25) is 5.02 Å². The van der Waals surface area contributed by atoms with Gasteiger partial charge in [0.15, 0.2) is 0 Å². The third-order valence-electron chi connectivity index (χ3n) is 3.74. The van der Waals surface area contributed by atoms with Gasteiger partial charge in [-0.25, -0.2) is 0 Å². The molecular formula is C13H19ClN2OS. The van der Waals surface area contributed by atoms with Crippen molar-refractivity contribution in [3.05, 3.63) is 21.3 Å². The van der Waals surface area contributed by atoms with Crippen LogP contribution in [-0.2, 0) is 0 Å². The minimum absolute atomic E-state index is 0.0582. The molecule has 1 saturated carbocycles. The summed E-state index contributed by atoms with van der Waals surface area (Å²) in [6.45, 7) is 3.39. The molecule has 0 aromatic carbocycles. The lowest BCUT2D eigenvalue weighted by Crippen LogP contribution is -2.43. The summed E-state index contributed by atoms with van der Waals surface area (Å²) in [5.41, 5.74) is 5.80. The number of hydrogen-bond acceptors (Lipinski definition) is 3. The average Bonchev–Trinajstić information content (AvgIpc) is 2.98. The Morgan fingerprint density at radius 3 is 2.94 bits per heavy atom. The first kappa shape index (κ1) is 13.8. The molecule has 100 valence electrons. The van der Waals surface area contributed by atoms with Crippen molar-refractivity contribution in [3.63, 3.8) is 0 Å². The molecule has 0 saturated heterocycles. The Balaban J connectivity index is 2.18. The monoisotopic (exact) mass is 286 g/mol. The van der Waals surface area contributed by atoms with E-state index in [9.17, 15) is 4.79 Å². The van der Waals surface area contributed by atoms with Crippen LogP contribution < -0.4 is 5.73 Å². The molecule has 2 rings (SSSR count). The van der Waals surface area contributed by atoms with Crippen LogP contribution in [0.1, 0.15) is 35.9 Å². The molecule has 0 bridgehead atoms. The van der Waals surface area contributed by atoms with E-state index in [0.717, 1.165) is 19.3 Å². The zero-order valence-corrected chi connectivity index (χ0v) is 12.1. The number of hydrogen-bond donors (Lipinski definition) is 1. The topological polar surface area (TPSA) is 46.3 Å². The zero-order chi connectivity index (χ0) is 13.1. The fourth-order valence-electron chi connectivity index (χ4n) is 2.81. The highest BCUT2D eigenvalue weighted by molar-refractivity contribution is 7.12. The second kappa shape index (κ2) is 6.04. The van der Waals surface area contributed by atoms with Gasteiger partial charge in [0.05, 0.1) is 5.02 Å². The fraction of sp³-hybridized carbons (Fsp3) is 0.615. The Morgan fingerprint density at radius 2 is 2.39 bits per heavy atom. The summed E-state index contributed by atoms with van der Waals surface area (Å²) in [6.07, 6.45) is 3.35. The Kier molecular flexibility index (Phi) is 4.65. The molecule has 1 aliphatic carbocycles. The number of carbonyl (C=O) groups excluding carboxylic acids is 1. The van der Waals surface area contributed by atoms with Crippen LogP contribution in [0, 0.1) is 5.92 Å². The maximum atomic E-state index is 12.5. The average molecular weight is 287 g/mol. The van der Waals surface area contributed by atoms with Gasteiger partial charge in [-0.1, -0.05) is 18.0 Å². The minimum Gasteiger partial charge on any atom is -0.335 e. The Morgan fingerprint density at radius 1 is 1.61 bits per heavy atom. The van der Waals surface area contributed by atoms with Crippen molar-refractivity contribution in [3.8, 4) is 0 Å². The number of nitrogens with zero attached hydrogens (tertiary/aromatic N) is 1. The predicted molar refractivity (Wildman–Crippen MR) is 76.2 cm³/mol. The summed E-state index contributed by atoms with van der Waals surface area (Å²) < 4.78 is 0. The molecule has 0 radical (unpaired) electrons. The van der Waals surface area contributed by atoms with Crippen LogP contribution in [0.3, 0.4) is 0 Å². The molecule has 5 heteroatoms. The molecule has 1 amide bonds. The predicted octanol–water partition coefficient (Wildman–Crippen LogP) is 2.99. The Bertz CT molecular complexity index is 421. The highest BCUT2D eigenvalue weighted by atomic mass is 35.5. The lowest BCUT2D eigenvalue weighted by Gasteiger charge is -2.31. The number of amides is 1. The molecule has 1 heterocycles. The second-order valence-electron chi connectivity index (χ2n) is 4.68. The number of rotatable bonds is 4. The molecule has 2 atom stereocenters. The van der Waals surface area contributed by atoms with Gasteiger partial charge in [-0.3, -0.25) is 4.79 Å². The van der Waals surface area contributed by atoms with Crippen molar-refractivity contribution in [1.82, 2.24) is 4.90 Å². The van der Waals surface area contributed by atoms with Gasteiger partial charge >= 0.3 is 0 Å². The van der Waals surface area contributed by atoms with Crippen molar-refractivity contribution < 1.29 is 4.79 Å². The van der Waals surface area contributed by atoms with Crippen molar-refractivity contribution in [2.24, 2.45) is 11.7 Å². The first-order valence-corrected chi connectivity index (χ1v) is 7.68. The molecule has 2 unspecified atom stereocenters. The van der Waals surface area contributed by atoms with Crippen LogP contribution >= 0.6 is 22.9 Å². The van der Waals surface area contributed by atoms with E-state index in [4.69, 9.17) is 17.3 Å². The van der Waals surface area contributed by atoms with E-state index in [2.05, 4.69) is 0 Å². The minimum atomic E-state index is 0.0582. The Labute approximate surface area is 117 Å². The van der Waals surface area contributed by atoms with Crippen molar-refractivity contribution in [2.75, 3.05) is 13.1 Å². The molecule has 1 aliphatic rings. The zero-order valence-electron chi connectivity index (χ0n) is 10.6. The summed E-state index contributed by atoms with van der Waals surface area (Å²) >= 11 is 7.47. The molecule has 3 nitrogen and oxygen atoms in total. The van der Waals surface area contributed by atoms with Crippen molar-refractivity contribution in [2.45, 2.75) is 32.2 Å². The van der Waals surface area contributed by atoms with E-state index in [1.807, 2.05) is 17.2 Å². The maximum Gasteiger partial charge on any atom is 0.265 e. The van der Waals surface area contributed by atoms with E-state index >= 15 is 0 Å². The van der Waals surface area contributed by atoms with E-state index in [1.54, 1.807) is 6.07 Å². The number of thiophene rings is 1. The van der Waals surface area contributed by atoms with Gasteiger partial charge in [0.1, 0.15) is 4.88 Å². The van der Waals surface area contributed by atoms with Gasteiger partial charge in [-0.05, 0) is 43.7 Å². The van der Waals surface area contributed by atoms with Crippen molar-refractivity contribution >= 4 is 28.8 Å². The van der Waals surface area contributed by atoms with Gasteiger partial charge in [0, 0.05) is 12.6 Å². The first-order valence-electron chi connectivity index (χ1n) is 6.43.